The summed E-state index contributed by atoms with van der Waals surface area (Å²) in [5.74, 6) is 1.87. The number of hydrogen-bond acceptors (Lipinski definition) is 4. The van der Waals surface area contributed by atoms with E-state index in [1.807, 2.05) is 55.5 Å². The van der Waals surface area contributed by atoms with Crippen LogP contribution < -0.4 is 19.5 Å². The fourth-order valence-corrected chi connectivity index (χ4v) is 3.12. The normalized spacial score (nSPS) is 10.3. The van der Waals surface area contributed by atoms with Gasteiger partial charge in [0.25, 0.3) is 5.91 Å². The average Bonchev–Trinajstić information content (AvgIpc) is 2.75. The molecule has 3 aromatic carbocycles. The zero-order valence-electron chi connectivity index (χ0n) is 16.3. The van der Waals surface area contributed by atoms with Gasteiger partial charge < -0.3 is 19.5 Å². The topological polar surface area (TPSA) is 56.8 Å². The first kappa shape index (κ1) is 20.7. The molecule has 1 amide bonds. The Kier molecular flexibility index (Phi) is 7.14. The molecule has 3 rings (SSSR count). The minimum Gasteiger partial charge on any atom is -0.497 e. The second kappa shape index (κ2) is 9.98. The van der Waals surface area contributed by atoms with Gasteiger partial charge in [-0.1, -0.05) is 18.2 Å². The Hall–Kier alpha value is -2.99. The molecule has 0 aliphatic heterocycles. The van der Waals surface area contributed by atoms with Gasteiger partial charge in [0, 0.05) is 21.7 Å². The first-order valence-corrected chi connectivity index (χ1v) is 9.98. The summed E-state index contributed by atoms with van der Waals surface area (Å²) in [6.45, 7) is 2.70. The number of para-hydroxylation sites is 1. The zero-order valence-corrected chi connectivity index (χ0v) is 17.9. The molecule has 0 bridgehead atoms. The van der Waals surface area contributed by atoms with E-state index in [1.165, 1.54) is 0 Å². The lowest BCUT2D eigenvalue weighted by molar-refractivity contribution is 0.102. The number of anilines is 1. The second-order valence-electron chi connectivity index (χ2n) is 6.16. The summed E-state index contributed by atoms with van der Waals surface area (Å²) in [7, 11) is 1.61. The van der Waals surface area contributed by atoms with Crippen molar-refractivity contribution in [1.29, 1.82) is 0 Å². The molecule has 5 nitrogen and oxygen atoms in total. The van der Waals surface area contributed by atoms with Crippen LogP contribution in [0.15, 0.2) is 71.2 Å². The maximum absolute atomic E-state index is 12.7. The van der Waals surface area contributed by atoms with Crippen LogP contribution >= 0.6 is 15.9 Å². The van der Waals surface area contributed by atoms with Crippen LogP contribution in [0.5, 0.6) is 17.2 Å². The smallest absolute Gasteiger partial charge is 0.255 e. The molecule has 0 unspecified atom stereocenters. The lowest BCUT2D eigenvalue weighted by Crippen LogP contribution is -2.13. The van der Waals surface area contributed by atoms with Gasteiger partial charge in [-0.3, -0.25) is 4.79 Å². The number of carbonyl (C=O) groups is 1. The van der Waals surface area contributed by atoms with E-state index in [9.17, 15) is 4.79 Å². The molecule has 0 atom stereocenters. The number of rotatable bonds is 8. The molecule has 0 spiro atoms. The molecule has 6 heteroatoms. The summed E-state index contributed by atoms with van der Waals surface area (Å²) in [6, 6.07) is 20.2. The predicted octanol–water partition coefficient (Wildman–Crippen LogP) is 5.69. The van der Waals surface area contributed by atoms with Gasteiger partial charge in [0.15, 0.2) is 0 Å². The van der Waals surface area contributed by atoms with Crippen molar-refractivity contribution in [3.63, 3.8) is 0 Å². The molecule has 1 N–H and O–H groups in total. The summed E-state index contributed by atoms with van der Waals surface area (Å²) in [6.07, 6.45) is 0. The number of benzene rings is 3. The Morgan fingerprint density at radius 2 is 1.76 bits per heavy atom. The van der Waals surface area contributed by atoms with E-state index >= 15 is 0 Å². The average molecular weight is 456 g/mol. The van der Waals surface area contributed by atoms with Crippen LogP contribution in [-0.4, -0.2) is 19.6 Å². The Bertz CT molecular complexity index is 990. The summed E-state index contributed by atoms with van der Waals surface area (Å²) in [5.41, 5.74) is 2.02. The Labute approximate surface area is 178 Å². The lowest BCUT2D eigenvalue weighted by Gasteiger charge is -2.14. The van der Waals surface area contributed by atoms with Gasteiger partial charge in [-0.25, -0.2) is 0 Å². The second-order valence-corrected chi connectivity index (χ2v) is 7.01. The highest BCUT2D eigenvalue weighted by atomic mass is 79.9. The maximum atomic E-state index is 12.7. The van der Waals surface area contributed by atoms with E-state index in [1.54, 1.807) is 25.3 Å². The molecule has 0 heterocycles. The number of nitrogens with one attached hydrogen (secondary N) is 1. The third-order valence-electron chi connectivity index (χ3n) is 4.18. The highest BCUT2D eigenvalue weighted by Gasteiger charge is 2.13. The number of methoxy groups -OCH3 is 1. The molecule has 3 aromatic rings. The van der Waals surface area contributed by atoms with Gasteiger partial charge in [0.05, 0.1) is 19.4 Å². The number of amides is 1. The molecule has 0 fully saturated rings. The molecular formula is C23H22BrNO4. The van der Waals surface area contributed by atoms with Crippen LogP contribution in [0.4, 0.5) is 5.69 Å². The van der Waals surface area contributed by atoms with Gasteiger partial charge >= 0.3 is 0 Å². The zero-order chi connectivity index (χ0) is 20.6. The standard InChI is InChI=1S/C23H22BrNO4/c1-3-28-22-12-11-16(23(26)25-21-10-5-4-9-20(21)24)13-17(22)15-29-19-8-6-7-18(14-19)27-2/h4-14H,3,15H2,1-2H3,(H,25,26). The van der Waals surface area contributed by atoms with Gasteiger partial charge in [-0.2, -0.15) is 0 Å². The summed E-state index contributed by atoms with van der Waals surface area (Å²) >= 11 is 3.44. The van der Waals surface area contributed by atoms with Crippen LogP contribution in [0, 0.1) is 0 Å². The van der Waals surface area contributed by atoms with Crippen molar-refractivity contribution in [3.05, 3.63) is 82.3 Å². The Balaban J connectivity index is 1.79. The highest BCUT2D eigenvalue weighted by Crippen LogP contribution is 2.26. The molecule has 0 saturated carbocycles. The summed E-state index contributed by atoms with van der Waals surface area (Å²) < 4.78 is 17.6. The number of ether oxygens (including phenoxy) is 3. The molecule has 0 aliphatic carbocycles. The quantitative estimate of drug-likeness (QED) is 0.474. The van der Waals surface area contributed by atoms with Crippen LogP contribution in [-0.2, 0) is 6.61 Å². The Morgan fingerprint density at radius 3 is 2.52 bits per heavy atom. The van der Waals surface area contributed by atoms with Crippen LogP contribution in [0.3, 0.4) is 0 Å². The predicted molar refractivity (Wildman–Crippen MR) is 117 cm³/mol. The molecule has 29 heavy (non-hydrogen) atoms. The van der Waals surface area contributed by atoms with E-state index in [2.05, 4.69) is 21.2 Å². The molecular weight excluding hydrogens is 434 g/mol. The first-order valence-electron chi connectivity index (χ1n) is 9.19. The minimum absolute atomic E-state index is 0.206. The fraction of sp³-hybridized carbons (Fsp3) is 0.174. The van der Waals surface area contributed by atoms with Crippen molar-refractivity contribution < 1.29 is 19.0 Å². The van der Waals surface area contributed by atoms with E-state index in [4.69, 9.17) is 14.2 Å². The van der Waals surface area contributed by atoms with E-state index in [0.717, 1.165) is 10.0 Å². The van der Waals surface area contributed by atoms with Crippen molar-refractivity contribution in [3.8, 4) is 17.2 Å². The molecule has 0 aliphatic rings. The van der Waals surface area contributed by atoms with Crippen LogP contribution in [0.25, 0.3) is 0 Å². The summed E-state index contributed by atoms with van der Waals surface area (Å²) in [4.78, 5) is 12.7. The Morgan fingerprint density at radius 1 is 0.966 bits per heavy atom. The highest BCUT2D eigenvalue weighted by molar-refractivity contribution is 9.10. The van der Waals surface area contributed by atoms with E-state index in [-0.39, 0.29) is 12.5 Å². The maximum Gasteiger partial charge on any atom is 0.255 e. The molecule has 0 saturated heterocycles. The van der Waals surface area contributed by atoms with Crippen molar-refractivity contribution >= 4 is 27.5 Å². The van der Waals surface area contributed by atoms with Crippen LogP contribution in [0.2, 0.25) is 0 Å². The minimum atomic E-state index is -0.206. The van der Waals surface area contributed by atoms with Crippen molar-refractivity contribution in [2.45, 2.75) is 13.5 Å². The largest absolute Gasteiger partial charge is 0.497 e. The van der Waals surface area contributed by atoms with Crippen molar-refractivity contribution in [2.24, 2.45) is 0 Å². The van der Waals surface area contributed by atoms with Gasteiger partial charge in [0.2, 0.25) is 0 Å². The SMILES string of the molecule is CCOc1ccc(C(=O)Nc2ccccc2Br)cc1COc1cccc(OC)c1. The number of carbonyl (C=O) groups excluding carboxylic acids is 1. The molecule has 150 valence electrons. The fourth-order valence-electron chi connectivity index (χ4n) is 2.74. The number of hydrogen-bond donors (Lipinski definition) is 1. The van der Waals surface area contributed by atoms with E-state index in [0.29, 0.717) is 35.1 Å². The van der Waals surface area contributed by atoms with E-state index < -0.39 is 0 Å². The molecule has 0 radical (unpaired) electrons. The molecule has 0 aromatic heterocycles. The van der Waals surface area contributed by atoms with Crippen molar-refractivity contribution in [2.75, 3.05) is 19.0 Å². The van der Waals surface area contributed by atoms with Gasteiger partial charge in [-0.05, 0) is 65.3 Å². The number of halogens is 1. The van der Waals surface area contributed by atoms with Gasteiger partial charge in [-0.15, -0.1) is 0 Å². The van der Waals surface area contributed by atoms with Crippen LogP contribution in [0.1, 0.15) is 22.8 Å². The van der Waals surface area contributed by atoms with Crippen molar-refractivity contribution in [1.82, 2.24) is 0 Å². The third-order valence-corrected chi connectivity index (χ3v) is 4.87. The van der Waals surface area contributed by atoms with Gasteiger partial charge in [0.1, 0.15) is 23.9 Å². The first-order chi connectivity index (χ1) is 14.1. The summed E-state index contributed by atoms with van der Waals surface area (Å²) in [5, 5.41) is 2.91. The lowest BCUT2D eigenvalue weighted by atomic mass is 10.1. The third kappa shape index (κ3) is 5.51. The monoisotopic (exact) mass is 455 g/mol.